The molecular weight excluding hydrogens is 164 g/mol. The fourth-order valence-electron chi connectivity index (χ4n) is 0.590. The molecule has 0 aliphatic heterocycles. The predicted molar refractivity (Wildman–Crippen MR) is 56.7 cm³/mol. The van der Waals surface area contributed by atoms with Crippen molar-refractivity contribution in [2.75, 3.05) is 6.61 Å². The van der Waals surface area contributed by atoms with Gasteiger partial charge in [0.15, 0.2) is 5.78 Å². The molecule has 0 atom stereocenters. The Kier molecular flexibility index (Phi) is 13.0. The van der Waals surface area contributed by atoms with Gasteiger partial charge in [0.05, 0.1) is 0 Å². The Balaban J connectivity index is 0. The first-order chi connectivity index (χ1) is 6.08. The highest BCUT2D eigenvalue weighted by Gasteiger charge is 1.90. The molecule has 0 rings (SSSR count). The summed E-state index contributed by atoms with van der Waals surface area (Å²) < 4.78 is 0. The molecule has 0 radical (unpaired) electrons. The largest absolute Gasteiger partial charge is 0.397 e. The van der Waals surface area contributed by atoms with Crippen LogP contribution in [0.25, 0.3) is 0 Å². The van der Waals surface area contributed by atoms with Gasteiger partial charge < -0.3 is 5.11 Å². The van der Waals surface area contributed by atoms with Gasteiger partial charge in [-0.25, -0.2) is 0 Å². The van der Waals surface area contributed by atoms with E-state index in [4.69, 9.17) is 5.11 Å². The van der Waals surface area contributed by atoms with Crippen LogP contribution >= 0.6 is 0 Å². The number of ketones is 1. The van der Waals surface area contributed by atoms with Crippen LogP contribution in [0.2, 0.25) is 0 Å². The number of rotatable bonds is 4. The lowest BCUT2D eigenvalue weighted by atomic mass is 10.1. The molecule has 0 bridgehead atoms. The summed E-state index contributed by atoms with van der Waals surface area (Å²) in [7, 11) is 0. The van der Waals surface area contributed by atoms with E-state index in [1.165, 1.54) is 0 Å². The third-order valence-electron chi connectivity index (χ3n) is 1.26. The van der Waals surface area contributed by atoms with E-state index in [1.807, 2.05) is 13.0 Å². The molecule has 0 saturated heterocycles. The quantitative estimate of drug-likeness (QED) is 0.685. The lowest BCUT2D eigenvalue weighted by Crippen LogP contribution is -1.88. The van der Waals surface area contributed by atoms with Gasteiger partial charge in [-0.15, -0.1) is 0 Å². The lowest BCUT2D eigenvalue weighted by Gasteiger charge is -1.95. The number of carbonyl (C=O) groups is 1. The van der Waals surface area contributed by atoms with Gasteiger partial charge in [0, 0.05) is 13.0 Å². The average Bonchev–Trinajstić information content (AvgIpc) is 2.05. The first-order valence-electron chi connectivity index (χ1n) is 4.88. The molecule has 0 aromatic rings. The van der Waals surface area contributed by atoms with Crippen molar-refractivity contribution in [3.05, 3.63) is 12.2 Å². The molecule has 78 valence electrons. The van der Waals surface area contributed by atoms with E-state index in [9.17, 15) is 4.79 Å². The molecule has 13 heavy (non-hydrogen) atoms. The summed E-state index contributed by atoms with van der Waals surface area (Å²) in [5.74, 6) is 0.876. The van der Waals surface area contributed by atoms with Crippen LogP contribution in [0, 0.1) is 5.92 Å². The van der Waals surface area contributed by atoms with Crippen LogP contribution in [-0.4, -0.2) is 17.5 Å². The molecule has 0 fully saturated rings. The Morgan fingerprint density at radius 2 is 1.85 bits per heavy atom. The summed E-state index contributed by atoms with van der Waals surface area (Å²) >= 11 is 0. The van der Waals surface area contributed by atoms with Crippen molar-refractivity contribution in [1.29, 1.82) is 0 Å². The normalized spacial score (nSPS) is 10.0. The van der Waals surface area contributed by atoms with Gasteiger partial charge in [0.1, 0.15) is 0 Å². The van der Waals surface area contributed by atoms with Crippen molar-refractivity contribution < 1.29 is 9.90 Å². The zero-order chi connectivity index (χ0) is 10.7. The van der Waals surface area contributed by atoms with Gasteiger partial charge in [0.2, 0.25) is 0 Å². The number of aliphatic hydroxyl groups excluding tert-OH is 1. The molecule has 0 spiro atoms. The number of allylic oxidation sites excluding steroid dienone is 2. The van der Waals surface area contributed by atoms with Gasteiger partial charge in [-0.05, 0) is 25.3 Å². The molecule has 0 heterocycles. The fraction of sp³-hybridized carbons (Fsp3) is 0.727. The third kappa shape index (κ3) is 18.4. The van der Waals surface area contributed by atoms with Crippen LogP contribution in [0.4, 0.5) is 0 Å². The van der Waals surface area contributed by atoms with E-state index in [1.54, 1.807) is 13.0 Å². The summed E-state index contributed by atoms with van der Waals surface area (Å²) in [6.45, 7) is 8.09. The van der Waals surface area contributed by atoms with E-state index >= 15 is 0 Å². The van der Waals surface area contributed by atoms with Crippen molar-refractivity contribution in [3.63, 3.8) is 0 Å². The maximum atomic E-state index is 10.7. The molecule has 0 saturated carbocycles. The highest BCUT2D eigenvalue weighted by Crippen LogP contribution is 1.99. The van der Waals surface area contributed by atoms with Crippen molar-refractivity contribution in [1.82, 2.24) is 0 Å². The standard InChI is InChI=1S/C9H16O.C2H6O/c1-4-9(10)7-5-6-8(2)3;1-2-3/h5,7-8H,4,6H2,1-3H3;3H,2H2,1H3. The SMILES string of the molecule is CCC(=O)C=CCC(C)C.CCO. The maximum Gasteiger partial charge on any atom is 0.155 e. The van der Waals surface area contributed by atoms with Gasteiger partial charge in [-0.2, -0.15) is 0 Å². The second kappa shape index (κ2) is 11.4. The van der Waals surface area contributed by atoms with Crippen LogP contribution < -0.4 is 0 Å². The summed E-state index contributed by atoms with van der Waals surface area (Å²) in [6.07, 6.45) is 5.26. The van der Waals surface area contributed by atoms with Crippen LogP contribution in [0.5, 0.6) is 0 Å². The highest BCUT2D eigenvalue weighted by molar-refractivity contribution is 5.89. The molecule has 2 nitrogen and oxygen atoms in total. The molecule has 1 N–H and O–H groups in total. The molecule has 0 aromatic heterocycles. The van der Waals surface area contributed by atoms with E-state index in [0.29, 0.717) is 12.3 Å². The van der Waals surface area contributed by atoms with E-state index in [0.717, 1.165) is 6.42 Å². The molecule has 0 aliphatic carbocycles. The smallest absolute Gasteiger partial charge is 0.155 e. The van der Waals surface area contributed by atoms with Gasteiger partial charge in [0.25, 0.3) is 0 Å². The first-order valence-corrected chi connectivity index (χ1v) is 4.88. The fourth-order valence-corrected chi connectivity index (χ4v) is 0.590. The van der Waals surface area contributed by atoms with Gasteiger partial charge in [-0.3, -0.25) is 4.79 Å². The second-order valence-electron chi connectivity index (χ2n) is 3.17. The second-order valence-corrected chi connectivity index (χ2v) is 3.17. The maximum absolute atomic E-state index is 10.7. The van der Waals surface area contributed by atoms with Crippen molar-refractivity contribution in [3.8, 4) is 0 Å². The third-order valence-corrected chi connectivity index (χ3v) is 1.26. The Hall–Kier alpha value is -0.630. The lowest BCUT2D eigenvalue weighted by molar-refractivity contribution is -0.114. The number of aliphatic hydroxyl groups is 1. The minimum absolute atomic E-state index is 0.223. The number of hydrogen-bond donors (Lipinski definition) is 1. The molecule has 2 heteroatoms. The van der Waals surface area contributed by atoms with Crippen LogP contribution in [0.3, 0.4) is 0 Å². The molecule has 0 unspecified atom stereocenters. The van der Waals surface area contributed by atoms with Gasteiger partial charge >= 0.3 is 0 Å². The summed E-state index contributed by atoms with van der Waals surface area (Å²) in [5, 5.41) is 7.57. The zero-order valence-electron chi connectivity index (χ0n) is 9.21. The molecule has 0 amide bonds. The highest BCUT2D eigenvalue weighted by atomic mass is 16.2. The summed E-state index contributed by atoms with van der Waals surface area (Å²) in [4.78, 5) is 10.7. The minimum Gasteiger partial charge on any atom is -0.397 e. The van der Waals surface area contributed by atoms with Crippen LogP contribution in [-0.2, 0) is 4.79 Å². The average molecular weight is 186 g/mol. The monoisotopic (exact) mass is 186 g/mol. The van der Waals surface area contributed by atoms with Crippen molar-refractivity contribution >= 4 is 5.78 Å². The Morgan fingerprint density at radius 1 is 1.38 bits per heavy atom. The van der Waals surface area contributed by atoms with Crippen LogP contribution in [0.15, 0.2) is 12.2 Å². The Bertz CT molecular complexity index is 137. The number of hydrogen-bond acceptors (Lipinski definition) is 2. The first kappa shape index (κ1) is 14.9. The van der Waals surface area contributed by atoms with Crippen molar-refractivity contribution in [2.45, 2.75) is 40.5 Å². The molecular formula is C11H22O2. The van der Waals surface area contributed by atoms with E-state index < -0.39 is 0 Å². The van der Waals surface area contributed by atoms with E-state index in [-0.39, 0.29) is 12.4 Å². The summed E-state index contributed by atoms with van der Waals surface area (Å²) in [5.41, 5.74) is 0. The molecule has 0 aliphatic rings. The Morgan fingerprint density at radius 3 is 2.15 bits per heavy atom. The number of carbonyl (C=O) groups excluding carboxylic acids is 1. The zero-order valence-corrected chi connectivity index (χ0v) is 9.21. The van der Waals surface area contributed by atoms with Crippen LogP contribution in [0.1, 0.15) is 40.5 Å². The minimum atomic E-state index is 0.223. The molecule has 0 aromatic carbocycles. The van der Waals surface area contributed by atoms with Gasteiger partial charge in [-0.1, -0.05) is 26.8 Å². The predicted octanol–water partition coefficient (Wildman–Crippen LogP) is 2.57. The van der Waals surface area contributed by atoms with Crippen molar-refractivity contribution in [2.24, 2.45) is 5.92 Å². The topological polar surface area (TPSA) is 37.3 Å². The Labute approximate surface area is 81.7 Å². The van der Waals surface area contributed by atoms with E-state index in [2.05, 4.69) is 13.8 Å². The summed E-state index contributed by atoms with van der Waals surface area (Å²) in [6, 6.07) is 0.